The Labute approximate surface area is 149 Å². The van der Waals surface area contributed by atoms with Gasteiger partial charge in [-0.25, -0.2) is 4.21 Å². The molecule has 3 aromatic carbocycles. The largest absolute Gasteiger partial charge is 0.497 e. The van der Waals surface area contributed by atoms with E-state index in [1.54, 1.807) is 7.11 Å². The van der Waals surface area contributed by atoms with Crippen molar-refractivity contribution < 1.29 is 8.95 Å². The molecule has 0 aliphatic rings. The van der Waals surface area contributed by atoms with Gasteiger partial charge in [0.2, 0.25) is 0 Å². The predicted molar refractivity (Wildman–Crippen MR) is 102 cm³/mol. The molecule has 0 fully saturated rings. The van der Waals surface area contributed by atoms with E-state index in [9.17, 15) is 4.21 Å². The molecule has 0 saturated heterocycles. The van der Waals surface area contributed by atoms with Gasteiger partial charge in [-0.05, 0) is 35.9 Å². The molecule has 0 radical (unpaired) electrons. The first kappa shape index (κ1) is 15.7. The summed E-state index contributed by atoms with van der Waals surface area (Å²) in [6, 6.07) is 25.5. The lowest BCUT2D eigenvalue weighted by atomic mass is 10.0. The minimum Gasteiger partial charge on any atom is -0.497 e. The Hall–Kier alpha value is -2.85. The summed E-state index contributed by atoms with van der Waals surface area (Å²) in [5.74, 6) is 0.820. The van der Waals surface area contributed by atoms with E-state index < -0.39 is 11.0 Å². The fourth-order valence-corrected chi connectivity index (χ4v) is 4.09. The van der Waals surface area contributed by atoms with Gasteiger partial charge in [-0.2, -0.15) is 0 Å². The Bertz CT molecular complexity index is 1040. The second-order valence-corrected chi connectivity index (χ2v) is 7.04. The summed E-state index contributed by atoms with van der Waals surface area (Å²) in [5, 5.41) is 1.08. The highest BCUT2D eigenvalue weighted by Crippen LogP contribution is 2.32. The smallest absolute Gasteiger partial charge is 0.157 e. The predicted octanol–water partition coefficient (Wildman–Crippen LogP) is 4.89. The van der Waals surface area contributed by atoms with Gasteiger partial charge in [-0.3, -0.25) is 3.97 Å². The summed E-state index contributed by atoms with van der Waals surface area (Å²) in [7, 11) is 0.368. The number of aromatic nitrogens is 1. The van der Waals surface area contributed by atoms with E-state index in [-0.39, 0.29) is 0 Å². The van der Waals surface area contributed by atoms with Crippen molar-refractivity contribution in [1.82, 2.24) is 3.97 Å². The maximum absolute atomic E-state index is 13.1. The minimum atomic E-state index is -1.29. The van der Waals surface area contributed by atoms with E-state index in [0.717, 1.165) is 32.7 Å². The number of para-hydroxylation sites is 1. The molecule has 0 N–H and O–H groups in total. The van der Waals surface area contributed by atoms with Gasteiger partial charge < -0.3 is 4.74 Å². The molecule has 1 heterocycles. The van der Waals surface area contributed by atoms with Crippen LogP contribution in [0.4, 0.5) is 0 Å². The van der Waals surface area contributed by atoms with Crippen LogP contribution in [0.2, 0.25) is 0 Å². The zero-order valence-corrected chi connectivity index (χ0v) is 14.6. The monoisotopic (exact) mass is 347 g/mol. The van der Waals surface area contributed by atoms with Crippen LogP contribution in [0.15, 0.2) is 90.0 Å². The molecule has 4 aromatic rings. The molecule has 1 aromatic heterocycles. The number of nitrogens with zero attached hydrogens (tertiary/aromatic N) is 1. The second kappa shape index (κ2) is 6.57. The number of ether oxygens (including phenoxy) is 1. The van der Waals surface area contributed by atoms with E-state index in [1.165, 1.54) is 0 Å². The minimum absolute atomic E-state index is 0.782. The van der Waals surface area contributed by atoms with Gasteiger partial charge in [-0.1, -0.05) is 48.5 Å². The van der Waals surface area contributed by atoms with E-state index >= 15 is 0 Å². The second-order valence-electron chi connectivity index (χ2n) is 5.68. The quantitative estimate of drug-likeness (QED) is 0.526. The first-order valence-electron chi connectivity index (χ1n) is 8.00. The highest BCUT2D eigenvalue weighted by Gasteiger charge is 2.15. The Morgan fingerprint density at radius 2 is 1.52 bits per heavy atom. The Morgan fingerprint density at radius 1 is 0.840 bits per heavy atom. The fraction of sp³-hybridized carbons (Fsp3) is 0.0476. The third-order valence-electron chi connectivity index (χ3n) is 4.20. The van der Waals surface area contributed by atoms with E-state index in [1.807, 2.05) is 83.0 Å². The van der Waals surface area contributed by atoms with Crippen molar-refractivity contribution in [2.45, 2.75) is 4.90 Å². The molecule has 0 amide bonds. The summed E-state index contributed by atoms with van der Waals surface area (Å²) >= 11 is 0. The molecule has 0 aliphatic heterocycles. The van der Waals surface area contributed by atoms with Crippen LogP contribution in [-0.4, -0.2) is 15.3 Å². The molecule has 1 atom stereocenters. The molecule has 1 unspecified atom stereocenters. The Kier molecular flexibility index (Phi) is 4.12. The third-order valence-corrected chi connectivity index (χ3v) is 5.54. The van der Waals surface area contributed by atoms with Crippen LogP contribution in [0.5, 0.6) is 5.75 Å². The van der Waals surface area contributed by atoms with Gasteiger partial charge in [0.25, 0.3) is 0 Å². The van der Waals surface area contributed by atoms with Gasteiger partial charge in [0.1, 0.15) is 5.75 Å². The topological polar surface area (TPSA) is 31.2 Å². The van der Waals surface area contributed by atoms with Crippen molar-refractivity contribution in [3.8, 4) is 16.9 Å². The van der Waals surface area contributed by atoms with Crippen molar-refractivity contribution in [2.75, 3.05) is 7.11 Å². The third kappa shape index (κ3) is 2.85. The normalized spacial score (nSPS) is 12.2. The molecule has 4 rings (SSSR count). The molecule has 124 valence electrons. The lowest BCUT2D eigenvalue weighted by Gasteiger charge is -2.04. The Balaban J connectivity index is 1.88. The zero-order chi connectivity index (χ0) is 17.2. The van der Waals surface area contributed by atoms with Gasteiger partial charge in [0.15, 0.2) is 11.0 Å². The van der Waals surface area contributed by atoms with Crippen molar-refractivity contribution in [3.05, 3.63) is 85.1 Å². The molecule has 4 heteroatoms. The number of fused-ring (bicyclic) bond motifs is 1. The molecule has 0 saturated carbocycles. The standard InChI is InChI=1S/C21H17NO2S/c1-24-17-13-11-16(12-14-17)20-15-22(21-10-6-5-9-19(20)21)25(23)18-7-3-2-4-8-18/h2-15H,1H3. The number of rotatable bonds is 4. The number of hydrogen-bond acceptors (Lipinski definition) is 2. The van der Waals surface area contributed by atoms with Crippen LogP contribution in [0.3, 0.4) is 0 Å². The van der Waals surface area contributed by atoms with Crippen LogP contribution < -0.4 is 4.74 Å². The first-order valence-corrected chi connectivity index (χ1v) is 9.10. The highest BCUT2D eigenvalue weighted by molar-refractivity contribution is 7.83. The fourth-order valence-electron chi connectivity index (χ4n) is 2.94. The zero-order valence-electron chi connectivity index (χ0n) is 13.8. The Morgan fingerprint density at radius 3 is 2.24 bits per heavy atom. The van der Waals surface area contributed by atoms with Crippen LogP contribution in [0.1, 0.15) is 0 Å². The van der Waals surface area contributed by atoms with Crippen LogP contribution >= 0.6 is 0 Å². The van der Waals surface area contributed by atoms with Gasteiger partial charge in [0.05, 0.1) is 17.5 Å². The van der Waals surface area contributed by atoms with E-state index in [0.29, 0.717) is 0 Å². The summed E-state index contributed by atoms with van der Waals surface area (Å²) in [5.41, 5.74) is 3.08. The molecule has 25 heavy (non-hydrogen) atoms. The van der Waals surface area contributed by atoms with Crippen LogP contribution in [0.25, 0.3) is 22.0 Å². The van der Waals surface area contributed by atoms with Crippen molar-refractivity contribution in [3.63, 3.8) is 0 Å². The van der Waals surface area contributed by atoms with Crippen molar-refractivity contribution >= 4 is 21.9 Å². The van der Waals surface area contributed by atoms with E-state index in [4.69, 9.17) is 4.74 Å². The first-order chi connectivity index (χ1) is 12.3. The molecule has 0 bridgehead atoms. The average molecular weight is 347 g/mol. The maximum atomic E-state index is 13.1. The molecule has 0 spiro atoms. The highest BCUT2D eigenvalue weighted by atomic mass is 32.2. The summed E-state index contributed by atoms with van der Waals surface area (Å²) in [6.45, 7) is 0. The summed E-state index contributed by atoms with van der Waals surface area (Å²) in [6.07, 6.45) is 1.97. The number of benzene rings is 3. The molecule has 3 nitrogen and oxygen atoms in total. The lowest BCUT2D eigenvalue weighted by Crippen LogP contribution is -2.02. The van der Waals surface area contributed by atoms with Crippen molar-refractivity contribution in [2.24, 2.45) is 0 Å². The van der Waals surface area contributed by atoms with Crippen LogP contribution in [-0.2, 0) is 11.0 Å². The van der Waals surface area contributed by atoms with Crippen LogP contribution in [0, 0.1) is 0 Å². The van der Waals surface area contributed by atoms with Crippen molar-refractivity contribution in [1.29, 1.82) is 0 Å². The van der Waals surface area contributed by atoms with Gasteiger partial charge >= 0.3 is 0 Å². The lowest BCUT2D eigenvalue weighted by molar-refractivity contribution is 0.415. The SMILES string of the molecule is COc1ccc(-c2cn(S(=O)c3ccccc3)c3ccccc23)cc1. The molecular formula is C21H17NO2S. The number of hydrogen-bond donors (Lipinski definition) is 0. The van der Waals surface area contributed by atoms with E-state index in [2.05, 4.69) is 6.07 Å². The average Bonchev–Trinajstić information content (AvgIpc) is 3.08. The molecular weight excluding hydrogens is 330 g/mol. The van der Waals surface area contributed by atoms with Gasteiger partial charge in [-0.15, -0.1) is 0 Å². The summed E-state index contributed by atoms with van der Waals surface area (Å²) in [4.78, 5) is 0.782. The summed E-state index contributed by atoms with van der Waals surface area (Å²) < 4.78 is 20.1. The molecule has 0 aliphatic carbocycles. The maximum Gasteiger partial charge on any atom is 0.157 e. The number of methoxy groups -OCH3 is 1. The van der Waals surface area contributed by atoms with Gasteiger partial charge in [0, 0.05) is 17.1 Å².